The summed E-state index contributed by atoms with van der Waals surface area (Å²) in [4.78, 5) is 2.46. The fraction of sp³-hybridized carbons (Fsp3) is 0.647. The van der Waals surface area contributed by atoms with Gasteiger partial charge in [-0.1, -0.05) is 12.1 Å². The molecule has 2 unspecified atom stereocenters. The summed E-state index contributed by atoms with van der Waals surface area (Å²) in [6.45, 7) is 12.1. The predicted molar refractivity (Wildman–Crippen MR) is 82.3 cm³/mol. The van der Waals surface area contributed by atoms with Gasteiger partial charge in [0.1, 0.15) is 5.82 Å². The van der Waals surface area contributed by atoms with Crippen LogP contribution in [0.1, 0.15) is 45.7 Å². The monoisotopic (exact) mass is 278 g/mol. The molecule has 0 saturated carbocycles. The average Bonchev–Trinajstić information content (AvgIpc) is 2.83. The molecule has 20 heavy (non-hydrogen) atoms. The summed E-state index contributed by atoms with van der Waals surface area (Å²) in [5.41, 5.74) is 1.26. The number of likely N-dealkylation sites (tertiary alicyclic amines) is 1. The van der Waals surface area contributed by atoms with E-state index in [0.717, 1.165) is 25.2 Å². The molecule has 0 aromatic heterocycles. The van der Waals surface area contributed by atoms with Gasteiger partial charge < -0.3 is 5.32 Å². The Balaban J connectivity index is 1.89. The van der Waals surface area contributed by atoms with Gasteiger partial charge in [0.05, 0.1) is 0 Å². The molecule has 2 nitrogen and oxygen atoms in total. The first kappa shape index (κ1) is 15.5. The van der Waals surface area contributed by atoms with Crippen LogP contribution in [0.25, 0.3) is 0 Å². The summed E-state index contributed by atoms with van der Waals surface area (Å²) in [5.74, 6) is 0.560. The van der Waals surface area contributed by atoms with E-state index < -0.39 is 0 Å². The number of hydrogen-bond donors (Lipinski definition) is 1. The van der Waals surface area contributed by atoms with E-state index in [0.29, 0.717) is 12.0 Å². The van der Waals surface area contributed by atoms with E-state index in [1.165, 1.54) is 12.5 Å². The molecule has 0 amide bonds. The summed E-state index contributed by atoms with van der Waals surface area (Å²) in [7, 11) is 0. The summed E-state index contributed by atoms with van der Waals surface area (Å²) >= 11 is 0. The first-order valence-electron chi connectivity index (χ1n) is 7.60. The van der Waals surface area contributed by atoms with Gasteiger partial charge in [0.15, 0.2) is 0 Å². The van der Waals surface area contributed by atoms with Crippen LogP contribution >= 0.6 is 0 Å². The molecule has 1 aromatic rings. The second-order valence-corrected chi connectivity index (χ2v) is 7.01. The van der Waals surface area contributed by atoms with Crippen LogP contribution in [0, 0.1) is 11.7 Å². The van der Waals surface area contributed by atoms with Crippen LogP contribution in [-0.2, 0) is 0 Å². The number of hydrogen-bond acceptors (Lipinski definition) is 2. The van der Waals surface area contributed by atoms with Crippen molar-refractivity contribution in [1.29, 1.82) is 0 Å². The highest BCUT2D eigenvalue weighted by Gasteiger charge is 2.27. The van der Waals surface area contributed by atoms with Gasteiger partial charge >= 0.3 is 0 Å². The molecule has 0 bridgehead atoms. The van der Waals surface area contributed by atoms with Crippen molar-refractivity contribution >= 4 is 0 Å². The molecule has 0 aliphatic carbocycles. The summed E-state index contributed by atoms with van der Waals surface area (Å²) < 4.78 is 13.3. The predicted octanol–water partition coefficient (Wildman–Crippen LogP) is 3.60. The van der Waals surface area contributed by atoms with E-state index in [4.69, 9.17) is 0 Å². The zero-order chi connectivity index (χ0) is 14.8. The minimum atomic E-state index is -0.139. The van der Waals surface area contributed by atoms with Crippen LogP contribution in [0.15, 0.2) is 24.3 Å². The highest BCUT2D eigenvalue weighted by atomic mass is 19.1. The summed E-state index contributed by atoms with van der Waals surface area (Å²) in [5, 5.41) is 3.59. The molecule has 1 fully saturated rings. The van der Waals surface area contributed by atoms with Crippen LogP contribution < -0.4 is 5.32 Å². The van der Waals surface area contributed by atoms with Gasteiger partial charge in [-0.25, -0.2) is 4.39 Å². The normalized spacial score (nSPS) is 22.1. The first-order valence-corrected chi connectivity index (χ1v) is 7.60. The van der Waals surface area contributed by atoms with Crippen molar-refractivity contribution in [3.8, 4) is 0 Å². The van der Waals surface area contributed by atoms with Crippen molar-refractivity contribution in [2.75, 3.05) is 19.6 Å². The van der Waals surface area contributed by atoms with E-state index >= 15 is 0 Å². The molecular weight excluding hydrogens is 251 g/mol. The van der Waals surface area contributed by atoms with Crippen LogP contribution in [0.4, 0.5) is 4.39 Å². The number of nitrogens with zero attached hydrogens (tertiary/aromatic N) is 1. The lowest BCUT2D eigenvalue weighted by Crippen LogP contribution is -2.39. The standard InChI is InChI=1S/C17H27FN2/c1-13(15-6-5-7-16(18)10-15)20-9-8-14(12-20)11-19-17(2,3)4/h5-7,10,13-14,19H,8-9,11-12H2,1-4H3. The van der Waals surface area contributed by atoms with E-state index in [1.54, 1.807) is 12.1 Å². The lowest BCUT2D eigenvalue weighted by Gasteiger charge is -2.26. The Morgan fingerprint density at radius 1 is 1.40 bits per heavy atom. The van der Waals surface area contributed by atoms with E-state index in [-0.39, 0.29) is 11.4 Å². The highest BCUT2D eigenvalue weighted by Crippen LogP contribution is 2.27. The Morgan fingerprint density at radius 2 is 2.15 bits per heavy atom. The zero-order valence-corrected chi connectivity index (χ0v) is 13.1. The van der Waals surface area contributed by atoms with E-state index in [2.05, 4.69) is 37.9 Å². The topological polar surface area (TPSA) is 15.3 Å². The molecule has 1 aromatic carbocycles. The quantitative estimate of drug-likeness (QED) is 0.905. The van der Waals surface area contributed by atoms with Crippen LogP contribution in [-0.4, -0.2) is 30.1 Å². The van der Waals surface area contributed by atoms with Crippen molar-refractivity contribution in [3.63, 3.8) is 0 Å². The van der Waals surface area contributed by atoms with Crippen LogP contribution in [0.2, 0.25) is 0 Å². The van der Waals surface area contributed by atoms with Crippen LogP contribution in [0.3, 0.4) is 0 Å². The van der Waals surface area contributed by atoms with Gasteiger partial charge in [0.2, 0.25) is 0 Å². The Bertz CT molecular complexity index is 439. The molecule has 1 saturated heterocycles. The van der Waals surface area contributed by atoms with Gasteiger partial charge in [-0.05, 0) is 70.8 Å². The smallest absolute Gasteiger partial charge is 0.123 e. The number of rotatable bonds is 4. The van der Waals surface area contributed by atoms with Crippen molar-refractivity contribution in [1.82, 2.24) is 10.2 Å². The minimum Gasteiger partial charge on any atom is -0.312 e. The molecule has 112 valence electrons. The Morgan fingerprint density at radius 3 is 2.80 bits per heavy atom. The van der Waals surface area contributed by atoms with Crippen molar-refractivity contribution < 1.29 is 4.39 Å². The largest absolute Gasteiger partial charge is 0.312 e. The molecule has 0 spiro atoms. The molecule has 1 aliphatic rings. The molecule has 1 aliphatic heterocycles. The Kier molecular flexibility index (Phi) is 4.82. The van der Waals surface area contributed by atoms with E-state index in [1.807, 2.05) is 6.07 Å². The summed E-state index contributed by atoms with van der Waals surface area (Å²) in [6, 6.07) is 7.29. The van der Waals surface area contributed by atoms with Gasteiger partial charge in [-0.15, -0.1) is 0 Å². The maximum Gasteiger partial charge on any atom is 0.123 e. The second kappa shape index (κ2) is 6.23. The fourth-order valence-electron chi connectivity index (χ4n) is 2.81. The average molecular weight is 278 g/mol. The molecular formula is C17H27FN2. The molecule has 3 heteroatoms. The lowest BCUT2D eigenvalue weighted by atomic mass is 10.0. The minimum absolute atomic E-state index is 0.139. The fourth-order valence-corrected chi connectivity index (χ4v) is 2.81. The third kappa shape index (κ3) is 4.29. The number of benzene rings is 1. The summed E-state index contributed by atoms with van der Waals surface area (Å²) in [6.07, 6.45) is 1.22. The van der Waals surface area contributed by atoms with Crippen molar-refractivity contribution in [2.24, 2.45) is 5.92 Å². The molecule has 2 rings (SSSR count). The highest BCUT2D eigenvalue weighted by molar-refractivity contribution is 5.20. The maximum atomic E-state index is 13.3. The molecule has 1 heterocycles. The molecule has 0 radical (unpaired) electrons. The number of nitrogens with one attached hydrogen (secondary N) is 1. The van der Waals surface area contributed by atoms with Gasteiger partial charge in [0.25, 0.3) is 0 Å². The number of halogens is 1. The van der Waals surface area contributed by atoms with Gasteiger partial charge in [-0.2, -0.15) is 0 Å². The maximum absolute atomic E-state index is 13.3. The van der Waals surface area contributed by atoms with Crippen LogP contribution in [0.5, 0.6) is 0 Å². The molecule has 1 N–H and O–H groups in total. The second-order valence-electron chi connectivity index (χ2n) is 7.01. The Labute approximate surface area is 122 Å². The van der Waals surface area contributed by atoms with Gasteiger partial charge in [-0.3, -0.25) is 4.90 Å². The van der Waals surface area contributed by atoms with Crippen molar-refractivity contribution in [3.05, 3.63) is 35.6 Å². The van der Waals surface area contributed by atoms with Gasteiger partial charge in [0, 0.05) is 18.1 Å². The van der Waals surface area contributed by atoms with Crippen molar-refractivity contribution in [2.45, 2.75) is 45.7 Å². The third-order valence-electron chi connectivity index (χ3n) is 4.12. The zero-order valence-electron chi connectivity index (χ0n) is 13.1. The Hall–Kier alpha value is -0.930. The third-order valence-corrected chi connectivity index (χ3v) is 4.12. The SMILES string of the molecule is CC(c1cccc(F)c1)N1CCC(CNC(C)(C)C)C1. The van der Waals surface area contributed by atoms with E-state index in [9.17, 15) is 4.39 Å². The first-order chi connectivity index (χ1) is 9.35. The molecule has 2 atom stereocenters. The lowest BCUT2D eigenvalue weighted by molar-refractivity contribution is 0.248.